The molecule has 11 aromatic carbocycles. The Labute approximate surface area is 373 Å². The maximum absolute atomic E-state index is 2.45. The van der Waals surface area contributed by atoms with Gasteiger partial charge in [-0.3, -0.25) is 0 Å². The molecular weight excluding hydrogens is 773 g/mol. The Bertz CT molecular complexity index is 3600. The van der Waals surface area contributed by atoms with E-state index in [-0.39, 0.29) is 0 Å². The average Bonchev–Trinajstić information content (AvgIpc) is 3.71. The van der Waals surface area contributed by atoms with E-state index in [0.29, 0.717) is 0 Å². The quantitative estimate of drug-likeness (QED) is 0.148. The van der Waals surface area contributed by atoms with E-state index < -0.39 is 0 Å². The number of hydrogen-bond acceptors (Lipinski definition) is 1. The molecule has 12 aromatic rings. The number of benzene rings is 11. The van der Waals surface area contributed by atoms with Crippen molar-refractivity contribution in [2.75, 3.05) is 4.90 Å². The van der Waals surface area contributed by atoms with Gasteiger partial charge in [0.05, 0.1) is 28.1 Å². The Kier molecular flexibility index (Phi) is 9.20. The minimum Gasteiger partial charge on any atom is -0.309 e. The Hall–Kier alpha value is -8.46. The summed E-state index contributed by atoms with van der Waals surface area (Å²) < 4.78 is 2.43. The van der Waals surface area contributed by atoms with Crippen LogP contribution >= 0.6 is 0 Å². The third-order valence-corrected chi connectivity index (χ3v) is 12.8. The first-order valence-corrected chi connectivity index (χ1v) is 22.0. The van der Waals surface area contributed by atoms with Crippen molar-refractivity contribution in [3.63, 3.8) is 0 Å². The van der Waals surface area contributed by atoms with Crippen molar-refractivity contribution in [2.24, 2.45) is 0 Å². The molecule has 0 N–H and O–H groups in total. The smallest absolute Gasteiger partial charge is 0.0541 e. The number of rotatable bonds is 8. The van der Waals surface area contributed by atoms with Gasteiger partial charge in [0.2, 0.25) is 0 Å². The summed E-state index contributed by atoms with van der Waals surface area (Å²) in [5.41, 5.74) is 16.4. The zero-order chi connectivity index (χ0) is 42.4. The fraction of sp³-hybridized carbons (Fsp3) is 0. The number of nitrogens with zero attached hydrogens (tertiary/aromatic N) is 2. The first kappa shape index (κ1) is 37.3. The van der Waals surface area contributed by atoms with Crippen LogP contribution in [0.25, 0.3) is 93.5 Å². The van der Waals surface area contributed by atoms with E-state index in [2.05, 4.69) is 264 Å². The van der Waals surface area contributed by atoms with E-state index >= 15 is 0 Å². The van der Waals surface area contributed by atoms with Crippen LogP contribution in [-0.4, -0.2) is 4.57 Å². The van der Waals surface area contributed by atoms with Crippen LogP contribution in [-0.2, 0) is 0 Å². The summed E-state index contributed by atoms with van der Waals surface area (Å²) in [6.45, 7) is 0. The zero-order valence-electron chi connectivity index (χ0n) is 35.1. The molecule has 0 radical (unpaired) electrons. The molecule has 0 spiro atoms. The van der Waals surface area contributed by atoms with Crippen molar-refractivity contribution >= 4 is 60.4 Å². The van der Waals surface area contributed by atoms with Gasteiger partial charge in [-0.15, -0.1) is 0 Å². The highest BCUT2D eigenvalue weighted by Gasteiger charge is 2.22. The molecule has 0 atom stereocenters. The van der Waals surface area contributed by atoms with Crippen LogP contribution in [0.3, 0.4) is 0 Å². The van der Waals surface area contributed by atoms with Gasteiger partial charge >= 0.3 is 0 Å². The standard InChI is InChI=1S/C62H42N2/c1-2-17-46(18-3-1)51-22-8-12-29-58(51)63(48-39-37-44(38-40-48)43-33-35-47(36-34-43)50-28-16-20-45-19-4-5-21-49(45)50)62-42-41-53(52-23-6-7-24-54(52)62)55-25-9-13-30-59(55)64-60-31-14-10-26-56(60)57-27-11-15-32-61(57)64/h1-42H. The highest BCUT2D eigenvalue weighted by molar-refractivity contribution is 6.12. The van der Waals surface area contributed by atoms with Crippen LogP contribution in [0.5, 0.6) is 0 Å². The lowest BCUT2D eigenvalue weighted by Gasteiger charge is -2.30. The van der Waals surface area contributed by atoms with Crippen LogP contribution in [0, 0.1) is 0 Å². The molecule has 2 heteroatoms. The van der Waals surface area contributed by atoms with Crippen molar-refractivity contribution in [1.29, 1.82) is 0 Å². The molecule has 12 rings (SSSR count). The number of para-hydroxylation sites is 4. The number of anilines is 3. The topological polar surface area (TPSA) is 8.17 Å². The molecule has 0 aliphatic carbocycles. The molecule has 300 valence electrons. The van der Waals surface area contributed by atoms with E-state index in [1.807, 2.05) is 0 Å². The first-order chi connectivity index (χ1) is 31.8. The van der Waals surface area contributed by atoms with Gasteiger partial charge in [0.1, 0.15) is 0 Å². The van der Waals surface area contributed by atoms with Gasteiger partial charge in [0, 0.05) is 33.0 Å². The normalized spacial score (nSPS) is 11.4. The second-order valence-electron chi connectivity index (χ2n) is 16.4. The molecule has 0 bridgehead atoms. The summed E-state index contributed by atoms with van der Waals surface area (Å²) in [5.74, 6) is 0. The molecule has 0 unspecified atom stereocenters. The Morgan fingerprint density at radius 2 is 0.750 bits per heavy atom. The molecule has 64 heavy (non-hydrogen) atoms. The van der Waals surface area contributed by atoms with Gasteiger partial charge in [-0.25, -0.2) is 0 Å². The fourth-order valence-corrected chi connectivity index (χ4v) is 9.85. The highest BCUT2D eigenvalue weighted by Crippen LogP contribution is 2.47. The molecule has 1 aromatic heterocycles. The molecule has 0 saturated carbocycles. The highest BCUT2D eigenvalue weighted by atomic mass is 15.1. The zero-order valence-corrected chi connectivity index (χ0v) is 35.1. The lowest BCUT2D eigenvalue weighted by molar-refractivity contribution is 1.18. The number of aromatic nitrogens is 1. The monoisotopic (exact) mass is 814 g/mol. The third-order valence-electron chi connectivity index (χ3n) is 12.8. The average molecular weight is 815 g/mol. The van der Waals surface area contributed by atoms with E-state index in [0.717, 1.165) is 22.7 Å². The van der Waals surface area contributed by atoms with E-state index in [9.17, 15) is 0 Å². The number of fused-ring (bicyclic) bond motifs is 5. The summed E-state index contributed by atoms with van der Waals surface area (Å²) in [6.07, 6.45) is 0. The van der Waals surface area contributed by atoms with Crippen molar-refractivity contribution < 1.29 is 0 Å². The van der Waals surface area contributed by atoms with Gasteiger partial charge in [-0.1, -0.05) is 212 Å². The van der Waals surface area contributed by atoms with E-state index in [1.54, 1.807) is 0 Å². The van der Waals surface area contributed by atoms with Gasteiger partial charge in [-0.2, -0.15) is 0 Å². The second kappa shape index (κ2) is 15.8. The fourth-order valence-electron chi connectivity index (χ4n) is 9.85. The predicted octanol–water partition coefficient (Wildman–Crippen LogP) is 17.2. The summed E-state index contributed by atoms with van der Waals surface area (Å²) in [7, 11) is 0. The second-order valence-corrected chi connectivity index (χ2v) is 16.4. The minimum absolute atomic E-state index is 1.09. The molecule has 0 aliphatic heterocycles. The van der Waals surface area contributed by atoms with Crippen molar-refractivity contribution in [1.82, 2.24) is 4.57 Å². The molecule has 0 amide bonds. The minimum atomic E-state index is 1.09. The Morgan fingerprint density at radius 1 is 0.250 bits per heavy atom. The van der Waals surface area contributed by atoms with E-state index in [4.69, 9.17) is 0 Å². The molecule has 0 fully saturated rings. The maximum atomic E-state index is 2.45. The van der Waals surface area contributed by atoms with Crippen molar-refractivity contribution in [2.45, 2.75) is 0 Å². The molecule has 1 heterocycles. The molecular formula is C62H42N2. The van der Waals surface area contributed by atoms with Gasteiger partial charge in [0.25, 0.3) is 0 Å². The lowest BCUT2D eigenvalue weighted by Crippen LogP contribution is -2.12. The van der Waals surface area contributed by atoms with Crippen molar-refractivity contribution in [3.8, 4) is 50.2 Å². The summed E-state index contributed by atoms with van der Waals surface area (Å²) >= 11 is 0. The summed E-state index contributed by atoms with van der Waals surface area (Å²) in [5, 5.41) is 7.40. The SMILES string of the molecule is c1ccc(-c2ccccc2N(c2ccc(-c3ccc(-c4cccc5ccccc45)cc3)cc2)c2ccc(-c3ccccc3-n3c4ccccc4c4ccccc43)c3ccccc23)cc1. The Balaban J connectivity index is 1.00. The lowest BCUT2D eigenvalue weighted by atomic mass is 9.94. The van der Waals surface area contributed by atoms with Gasteiger partial charge < -0.3 is 9.47 Å². The summed E-state index contributed by atoms with van der Waals surface area (Å²) in [4.78, 5) is 2.45. The van der Waals surface area contributed by atoms with Crippen LogP contribution in [0.1, 0.15) is 0 Å². The van der Waals surface area contributed by atoms with Crippen molar-refractivity contribution in [3.05, 3.63) is 255 Å². The van der Waals surface area contributed by atoms with Crippen LogP contribution < -0.4 is 4.90 Å². The largest absolute Gasteiger partial charge is 0.309 e. The predicted molar refractivity (Wildman–Crippen MR) is 272 cm³/mol. The van der Waals surface area contributed by atoms with Gasteiger partial charge in [-0.05, 0) is 92.0 Å². The van der Waals surface area contributed by atoms with Crippen LogP contribution in [0.15, 0.2) is 255 Å². The van der Waals surface area contributed by atoms with Crippen LogP contribution in [0.2, 0.25) is 0 Å². The number of hydrogen-bond donors (Lipinski definition) is 0. The van der Waals surface area contributed by atoms with Gasteiger partial charge in [0.15, 0.2) is 0 Å². The first-order valence-electron chi connectivity index (χ1n) is 22.0. The maximum Gasteiger partial charge on any atom is 0.0541 e. The molecule has 0 aliphatic rings. The van der Waals surface area contributed by atoms with Crippen LogP contribution in [0.4, 0.5) is 17.1 Å². The summed E-state index contributed by atoms with van der Waals surface area (Å²) in [6, 6.07) is 92.6. The van der Waals surface area contributed by atoms with E-state index in [1.165, 1.54) is 87.9 Å². The molecule has 0 saturated heterocycles. The molecule has 2 nitrogen and oxygen atoms in total. The Morgan fingerprint density at radius 3 is 1.48 bits per heavy atom. The third kappa shape index (κ3) is 6.35.